The van der Waals surface area contributed by atoms with Crippen molar-refractivity contribution in [1.82, 2.24) is 9.55 Å². The maximum atomic E-state index is 13.6. The molecule has 0 saturated carbocycles. The first kappa shape index (κ1) is 22.7. The first-order chi connectivity index (χ1) is 18.3. The van der Waals surface area contributed by atoms with Gasteiger partial charge in [0.25, 0.3) is 5.56 Å². The van der Waals surface area contributed by atoms with Gasteiger partial charge in [0.15, 0.2) is 5.60 Å². The largest absolute Gasteiger partial charge is 0.458 e. The van der Waals surface area contributed by atoms with E-state index in [9.17, 15) is 14.7 Å². The number of esters is 1. The first-order valence-electron chi connectivity index (χ1n) is 12.7. The molecule has 0 bridgehead atoms. The van der Waals surface area contributed by atoms with Crippen LogP contribution in [0.4, 0.5) is 5.69 Å². The fraction of sp³-hybridized carbons (Fsp3) is 0.194. The van der Waals surface area contributed by atoms with Crippen LogP contribution in [0, 0.1) is 6.92 Å². The number of fused-ring (bicyclic) bond motifs is 7. The molecule has 2 aliphatic heterocycles. The van der Waals surface area contributed by atoms with E-state index in [1.165, 1.54) is 0 Å². The molecule has 0 spiro atoms. The van der Waals surface area contributed by atoms with Crippen molar-refractivity contribution >= 4 is 33.3 Å². The summed E-state index contributed by atoms with van der Waals surface area (Å²) in [6.07, 6.45) is 0.112. The van der Waals surface area contributed by atoms with Crippen LogP contribution >= 0.6 is 0 Å². The minimum atomic E-state index is -1.84. The lowest BCUT2D eigenvalue weighted by molar-refractivity contribution is -0.172. The van der Waals surface area contributed by atoms with E-state index in [0.29, 0.717) is 29.1 Å². The van der Waals surface area contributed by atoms with Crippen LogP contribution in [0.5, 0.6) is 0 Å². The standard InChI is InChI=1S/C31H25N3O4/c1-3-31(37)24-13-26-28-22(14-34(26)29(35)23(24)15-38-30(31)36)16(2)27-21-12-19(17-6-9-20(32)10-7-17)5-4-18(21)8-11-25(27)33-28/h4-13,37H,3,14-15,32H2,1-2H3/t31-/m0/s1. The summed E-state index contributed by atoms with van der Waals surface area (Å²) in [5.74, 6) is -0.721. The Labute approximate surface area is 218 Å². The highest BCUT2D eigenvalue weighted by molar-refractivity contribution is 6.10. The van der Waals surface area contributed by atoms with Gasteiger partial charge in [-0.3, -0.25) is 4.79 Å². The molecule has 0 unspecified atom stereocenters. The predicted octanol–water partition coefficient (Wildman–Crippen LogP) is 4.79. The lowest BCUT2D eigenvalue weighted by Crippen LogP contribution is -2.44. The third kappa shape index (κ3) is 2.96. The molecule has 4 heterocycles. The number of rotatable bonds is 2. The van der Waals surface area contributed by atoms with Gasteiger partial charge < -0.3 is 20.1 Å². The fourth-order valence-electron chi connectivity index (χ4n) is 5.98. The smallest absolute Gasteiger partial charge is 0.343 e. The molecule has 3 N–H and O–H groups in total. The van der Waals surface area contributed by atoms with Crippen LogP contribution in [0.1, 0.15) is 35.6 Å². The number of aliphatic hydroxyl groups is 1. The Hall–Kier alpha value is -4.49. The molecule has 0 radical (unpaired) electrons. The monoisotopic (exact) mass is 503 g/mol. The number of nitrogens with zero attached hydrogens (tertiary/aromatic N) is 2. The number of hydrogen-bond acceptors (Lipinski definition) is 6. The molecule has 7 heteroatoms. The zero-order valence-corrected chi connectivity index (χ0v) is 21.0. The molecule has 0 amide bonds. The van der Waals surface area contributed by atoms with Crippen molar-refractivity contribution in [1.29, 1.82) is 0 Å². The van der Waals surface area contributed by atoms with Crippen LogP contribution in [0.3, 0.4) is 0 Å². The second-order valence-electron chi connectivity index (χ2n) is 10.2. The number of anilines is 1. The van der Waals surface area contributed by atoms with Crippen molar-refractivity contribution < 1.29 is 14.6 Å². The quantitative estimate of drug-likeness (QED) is 0.200. The average Bonchev–Trinajstić information content (AvgIpc) is 3.30. The average molecular weight is 504 g/mol. The van der Waals surface area contributed by atoms with Gasteiger partial charge in [0.05, 0.1) is 29.0 Å². The molecule has 3 aromatic carbocycles. The van der Waals surface area contributed by atoms with Crippen LogP contribution < -0.4 is 11.3 Å². The van der Waals surface area contributed by atoms with Gasteiger partial charge in [-0.15, -0.1) is 0 Å². The van der Waals surface area contributed by atoms with Gasteiger partial charge >= 0.3 is 5.97 Å². The number of nitrogen functional groups attached to an aromatic ring is 1. The van der Waals surface area contributed by atoms with Crippen molar-refractivity contribution in [3.05, 3.63) is 93.3 Å². The maximum Gasteiger partial charge on any atom is 0.343 e. The van der Waals surface area contributed by atoms with Gasteiger partial charge in [0, 0.05) is 22.2 Å². The minimum Gasteiger partial charge on any atom is -0.458 e. The molecule has 7 rings (SSSR count). The lowest BCUT2D eigenvalue weighted by atomic mass is 9.86. The van der Waals surface area contributed by atoms with Gasteiger partial charge in [0.2, 0.25) is 0 Å². The summed E-state index contributed by atoms with van der Waals surface area (Å²) in [5.41, 5.74) is 11.5. The molecule has 0 saturated heterocycles. The van der Waals surface area contributed by atoms with E-state index in [4.69, 9.17) is 15.5 Å². The van der Waals surface area contributed by atoms with E-state index in [2.05, 4.69) is 31.2 Å². The number of aryl methyl sites for hydroxylation is 1. The summed E-state index contributed by atoms with van der Waals surface area (Å²) in [5, 5.41) is 14.4. The van der Waals surface area contributed by atoms with E-state index < -0.39 is 11.6 Å². The maximum absolute atomic E-state index is 13.6. The van der Waals surface area contributed by atoms with Gasteiger partial charge in [-0.1, -0.05) is 37.3 Å². The molecule has 7 nitrogen and oxygen atoms in total. The predicted molar refractivity (Wildman–Crippen MR) is 147 cm³/mol. The molecule has 1 atom stereocenters. The molecule has 38 heavy (non-hydrogen) atoms. The topological polar surface area (TPSA) is 107 Å². The second-order valence-corrected chi connectivity index (χ2v) is 10.2. The first-order valence-corrected chi connectivity index (χ1v) is 12.7. The Morgan fingerprint density at radius 3 is 2.53 bits per heavy atom. The van der Waals surface area contributed by atoms with E-state index in [0.717, 1.165) is 49.6 Å². The van der Waals surface area contributed by atoms with Crippen molar-refractivity contribution in [3.63, 3.8) is 0 Å². The third-order valence-electron chi connectivity index (χ3n) is 8.19. The molecular formula is C31H25N3O4. The molecule has 188 valence electrons. The van der Waals surface area contributed by atoms with Crippen molar-refractivity contribution in [2.24, 2.45) is 0 Å². The Morgan fingerprint density at radius 1 is 1.03 bits per heavy atom. The summed E-state index contributed by atoms with van der Waals surface area (Å²) >= 11 is 0. The number of ether oxygens (including phenoxy) is 1. The molecule has 2 aliphatic rings. The van der Waals surface area contributed by atoms with Crippen LogP contribution in [0.25, 0.3) is 44.2 Å². The van der Waals surface area contributed by atoms with Crippen molar-refractivity contribution in [2.75, 3.05) is 5.73 Å². The van der Waals surface area contributed by atoms with Crippen LogP contribution in [-0.4, -0.2) is 20.6 Å². The zero-order valence-electron chi connectivity index (χ0n) is 21.0. The number of pyridine rings is 2. The zero-order chi connectivity index (χ0) is 26.3. The number of carbonyl (C=O) groups excluding carboxylic acids is 1. The highest BCUT2D eigenvalue weighted by atomic mass is 16.6. The van der Waals surface area contributed by atoms with Crippen molar-refractivity contribution in [2.45, 2.75) is 39.0 Å². The van der Waals surface area contributed by atoms with Gasteiger partial charge in [-0.2, -0.15) is 0 Å². The normalized spacial score (nSPS) is 17.8. The lowest BCUT2D eigenvalue weighted by Gasteiger charge is -2.31. The van der Waals surface area contributed by atoms with E-state index in [-0.39, 0.29) is 18.6 Å². The molecule has 5 aromatic rings. The summed E-state index contributed by atoms with van der Waals surface area (Å²) in [6, 6.07) is 20.0. The number of nitrogens with two attached hydrogens (primary N) is 1. The van der Waals surface area contributed by atoms with Gasteiger partial charge in [-0.05, 0) is 71.1 Å². The summed E-state index contributed by atoms with van der Waals surface area (Å²) in [4.78, 5) is 31.0. The third-order valence-corrected chi connectivity index (χ3v) is 8.19. The van der Waals surface area contributed by atoms with Crippen LogP contribution in [0.2, 0.25) is 0 Å². The number of cyclic esters (lactones) is 1. The molecule has 0 aliphatic carbocycles. The highest BCUT2D eigenvalue weighted by Gasteiger charge is 2.45. The number of carbonyl (C=O) groups is 1. The Kier molecular flexibility index (Phi) is 4.63. The Bertz CT molecular complexity index is 1910. The highest BCUT2D eigenvalue weighted by Crippen LogP contribution is 2.41. The SMILES string of the molecule is CC[C@@]1(O)C(=O)OCc2c1cc1n(c2=O)Cc2c-1nc1ccc3ccc(-c4ccc(N)cc4)cc3c1c2C. The number of hydrogen-bond donors (Lipinski definition) is 2. The van der Waals surface area contributed by atoms with Crippen LogP contribution in [0.15, 0.2) is 65.5 Å². The van der Waals surface area contributed by atoms with Gasteiger partial charge in [0.1, 0.15) is 6.61 Å². The van der Waals surface area contributed by atoms with Gasteiger partial charge in [-0.25, -0.2) is 9.78 Å². The number of benzene rings is 3. The Morgan fingerprint density at radius 2 is 1.76 bits per heavy atom. The summed E-state index contributed by atoms with van der Waals surface area (Å²) in [7, 11) is 0. The van der Waals surface area contributed by atoms with E-state index in [1.807, 2.05) is 30.3 Å². The molecular weight excluding hydrogens is 478 g/mol. The fourth-order valence-corrected chi connectivity index (χ4v) is 5.98. The molecule has 0 fully saturated rings. The Balaban J connectivity index is 1.47. The molecule has 2 aromatic heterocycles. The minimum absolute atomic E-state index is 0.112. The van der Waals surface area contributed by atoms with Crippen molar-refractivity contribution in [3.8, 4) is 22.5 Å². The summed E-state index contributed by atoms with van der Waals surface area (Å²) < 4.78 is 6.87. The van der Waals surface area contributed by atoms with Crippen LogP contribution in [-0.2, 0) is 28.3 Å². The van der Waals surface area contributed by atoms with E-state index in [1.54, 1.807) is 17.6 Å². The van der Waals surface area contributed by atoms with E-state index >= 15 is 0 Å². The summed E-state index contributed by atoms with van der Waals surface area (Å²) in [6.45, 7) is 4.01. The second kappa shape index (κ2) is 7.76. The number of aromatic nitrogens is 2.